The van der Waals surface area contributed by atoms with E-state index in [1.807, 2.05) is 85.1 Å². The number of methoxy groups -OCH3 is 2. The number of ether oxygens (including phenoxy) is 3. The van der Waals surface area contributed by atoms with Crippen LogP contribution in [-0.4, -0.2) is 42.9 Å². The number of aromatic amines is 1. The highest BCUT2D eigenvalue weighted by Crippen LogP contribution is 2.42. The number of aromatic nitrogens is 1. The number of amides is 1. The second kappa shape index (κ2) is 12.0. The quantitative estimate of drug-likeness (QED) is 0.198. The molecule has 3 N–H and O–H groups in total. The van der Waals surface area contributed by atoms with Crippen molar-refractivity contribution in [3.05, 3.63) is 113 Å². The van der Waals surface area contributed by atoms with Crippen molar-refractivity contribution < 1.29 is 24.1 Å². The molecule has 214 valence electrons. The van der Waals surface area contributed by atoms with Gasteiger partial charge in [0.15, 0.2) is 11.5 Å². The largest absolute Gasteiger partial charge is 0.493 e. The van der Waals surface area contributed by atoms with Crippen molar-refractivity contribution in [3.63, 3.8) is 0 Å². The number of hydrogen-bond acceptors (Lipinski definition) is 5. The molecule has 1 atom stereocenters. The van der Waals surface area contributed by atoms with Gasteiger partial charge in [0, 0.05) is 17.1 Å². The summed E-state index contributed by atoms with van der Waals surface area (Å²) in [6, 6.07) is 25.3. The fourth-order valence-corrected chi connectivity index (χ4v) is 5.75. The fourth-order valence-electron chi connectivity index (χ4n) is 5.75. The van der Waals surface area contributed by atoms with Crippen molar-refractivity contribution in [2.75, 3.05) is 20.8 Å². The van der Waals surface area contributed by atoms with Gasteiger partial charge in [0.05, 0.1) is 32.4 Å². The van der Waals surface area contributed by atoms with Crippen molar-refractivity contribution in [3.8, 4) is 28.4 Å². The van der Waals surface area contributed by atoms with Gasteiger partial charge < -0.3 is 29.6 Å². The first-order chi connectivity index (χ1) is 20.6. The lowest BCUT2D eigenvalue weighted by Crippen LogP contribution is -2.39. The van der Waals surface area contributed by atoms with Crippen molar-refractivity contribution in [2.24, 2.45) is 0 Å². The number of fused-ring (bicyclic) bond motifs is 4. The van der Waals surface area contributed by atoms with E-state index in [0.29, 0.717) is 35.8 Å². The molecular formula is C35H34N2O5. The van der Waals surface area contributed by atoms with E-state index in [1.165, 1.54) is 0 Å². The lowest BCUT2D eigenvalue weighted by atomic mass is 9.84. The van der Waals surface area contributed by atoms with Gasteiger partial charge in [0.1, 0.15) is 12.4 Å². The van der Waals surface area contributed by atoms with Crippen LogP contribution in [0.5, 0.6) is 17.2 Å². The molecule has 0 saturated carbocycles. The van der Waals surface area contributed by atoms with E-state index in [-0.39, 0.29) is 12.5 Å². The molecule has 1 unspecified atom stereocenters. The number of aliphatic hydroxyl groups excluding tert-OH is 1. The first kappa shape index (κ1) is 27.4. The average molecular weight is 563 g/mol. The highest BCUT2D eigenvalue weighted by atomic mass is 16.5. The van der Waals surface area contributed by atoms with E-state index in [2.05, 4.69) is 10.3 Å². The maximum atomic E-state index is 13.9. The third kappa shape index (κ3) is 5.43. The molecule has 6 rings (SSSR count). The first-order valence-corrected chi connectivity index (χ1v) is 14.1. The zero-order valence-electron chi connectivity index (χ0n) is 23.8. The number of carbonyl (C=O) groups is 1. The Hall–Kier alpha value is -4.75. The molecule has 0 fully saturated rings. The predicted octanol–water partition coefficient (Wildman–Crippen LogP) is 5.86. The average Bonchev–Trinajstić information content (AvgIpc) is 3.45. The van der Waals surface area contributed by atoms with Crippen molar-refractivity contribution in [1.29, 1.82) is 0 Å². The maximum absolute atomic E-state index is 13.9. The number of rotatable bonds is 10. The molecule has 1 amide bonds. The summed E-state index contributed by atoms with van der Waals surface area (Å²) < 4.78 is 17.4. The zero-order chi connectivity index (χ0) is 29.1. The number of para-hydroxylation sites is 1. The van der Waals surface area contributed by atoms with Gasteiger partial charge in [-0.3, -0.25) is 4.79 Å². The first-order valence-electron chi connectivity index (χ1n) is 14.1. The molecule has 1 aromatic heterocycles. The molecule has 0 aliphatic heterocycles. The van der Waals surface area contributed by atoms with E-state index in [0.717, 1.165) is 57.1 Å². The molecule has 5 aromatic rings. The van der Waals surface area contributed by atoms with Crippen LogP contribution in [0.2, 0.25) is 0 Å². The summed E-state index contributed by atoms with van der Waals surface area (Å²) in [5.41, 5.74) is 7.70. The van der Waals surface area contributed by atoms with Crippen LogP contribution in [0, 0.1) is 0 Å². The molecule has 0 spiro atoms. The molecule has 1 heterocycles. The zero-order valence-corrected chi connectivity index (χ0v) is 23.8. The van der Waals surface area contributed by atoms with Gasteiger partial charge >= 0.3 is 0 Å². The van der Waals surface area contributed by atoms with Gasteiger partial charge in [-0.1, -0.05) is 48.5 Å². The second-order valence-corrected chi connectivity index (χ2v) is 10.6. The van der Waals surface area contributed by atoms with Crippen LogP contribution in [0.25, 0.3) is 22.0 Å². The lowest BCUT2D eigenvalue weighted by Gasteiger charge is -2.25. The Balaban J connectivity index is 1.35. The van der Waals surface area contributed by atoms with E-state index >= 15 is 0 Å². The normalized spacial score (nSPS) is 12.7. The molecular weight excluding hydrogens is 528 g/mol. The Morgan fingerprint density at radius 1 is 0.881 bits per heavy atom. The number of aryl methyl sites for hydroxylation is 2. The Kier molecular flexibility index (Phi) is 7.84. The Labute approximate surface area is 245 Å². The molecule has 1 aliphatic carbocycles. The molecule has 1 aliphatic rings. The summed E-state index contributed by atoms with van der Waals surface area (Å²) in [5.74, 6) is 1.54. The third-order valence-electron chi connectivity index (χ3n) is 7.95. The number of nitrogens with one attached hydrogen (secondary N) is 2. The fraction of sp³-hybridized carbons (Fsp3) is 0.229. The SMILES string of the molecule is COc1cc2c(cc1OC)-c1cc(C(=O)NC(CO)Cc3c[nH]c4ccccc34)c(OCc3ccccc3)cc1CC2. The monoisotopic (exact) mass is 562 g/mol. The van der Waals surface area contributed by atoms with E-state index in [4.69, 9.17) is 14.2 Å². The summed E-state index contributed by atoms with van der Waals surface area (Å²) >= 11 is 0. The lowest BCUT2D eigenvalue weighted by molar-refractivity contribution is 0.0912. The molecule has 0 saturated heterocycles. The van der Waals surface area contributed by atoms with Gasteiger partial charge in [-0.25, -0.2) is 0 Å². The van der Waals surface area contributed by atoms with Crippen LogP contribution in [0.15, 0.2) is 85.1 Å². The Bertz CT molecular complexity index is 1730. The topological polar surface area (TPSA) is 92.8 Å². The summed E-state index contributed by atoms with van der Waals surface area (Å²) in [7, 11) is 3.25. The summed E-state index contributed by atoms with van der Waals surface area (Å²) in [6.45, 7) is 0.135. The molecule has 4 aromatic carbocycles. The number of hydrogen-bond donors (Lipinski definition) is 3. The standard InChI is InChI=1S/C35H34N2O5/c1-40-33-16-24-13-12-23-15-32(42-21-22-8-4-3-5-9-22)30(17-28(23)29(24)18-34(33)41-2)35(39)37-26(20-38)14-25-19-36-31-11-7-6-10-27(25)31/h3-11,15-19,26,36,38H,12-14,20-21H2,1-2H3,(H,37,39). The van der Waals surface area contributed by atoms with Gasteiger partial charge in [-0.15, -0.1) is 0 Å². The van der Waals surface area contributed by atoms with Gasteiger partial charge in [0.25, 0.3) is 5.91 Å². The maximum Gasteiger partial charge on any atom is 0.255 e. The van der Waals surface area contributed by atoms with Crippen molar-refractivity contribution in [2.45, 2.75) is 31.9 Å². The highest BCUT2D eigenvalue weighted by Gasteiger charge is 2.25. The molecule has 0 bridgehead atoms. The summed E-state index contributed by atoms with van der Waals surface area (Å²) in [6.07, 6.45) is 4.06. The van der Waals surface area contributed by atoms with Crippen molar-refractivity contribution in [1.82, 2.24) is 10.3 Å². The summed E-state index contributed by atoms with van der Waals surface area (Å²) in [4.78, 5) is 17.2. The van der Waals surface area contributed by atoms with Crippen LogP contribution < -0.4 is 19.5 Å². The van der Waals surface area contributed by atoms with Crippen LogP contribution >= 0.6 is 0 Å². The summed E-state index contributed by atoms with van der Waals surface area (Å²) in [5, 5.41) is 14.4. The molecule has 42 heavy (non-hydrogen) atoms. The van der Waals surface area contributed by atoms with Gasteiger partial charge in [-0.2, -0.15) is 0 Å². The number of H-pyrrole nitrogens is 1. The van der Waals surface area contributed by atoms with Crippen molar-refractivity contribution >= 4 is 16.8 Å². The van der Waals surface area contributed by atoms with Crippen LogP contribution in [-0.2, 0) is 25.9 Å². The Morgan fingerprint density at radius 3 is 2.29 bits per heavy atom. The minimum atomic E-state index is -0.480. The minimum absolute atomic E-state index is 0.198. The predicted molar refractivity (Wildman–Crippen MR) is 164 cm³/mol. The minimum Gasteiger partial charge on any atom is -0.493 e. The number of carbonyl (C=O) groups excluding carboxylic acids is 1. The second-order valence-electron chi connectivity index (χ2n) is 10.6. The van der Waals surface area contributed by atoms with Crippen LogP contribution in [0.3, 0.4) is 0 Å². The van der Waals surface area contributed by atoms with E-state index in [1.54, 1.807) is 14.2 Å². The van der Waals surface area contributed by atoms with Gasteiger partial charge in [-0.05, 0) is 83.0 Å². The number of aliphatic hydroxyl groups is 1. The van der Waals surface area contributed by atoms with Crippen LogP contribution in [0.1, 0.15) is 32.6 Å². The molecule has 7 heteroatoms. The third-order valence-corrected chi connectivity index (χ3v) is 7.95. The van der Waals surface area contributed by atoms with Gasteiger partial charge in [0.2, 0.25) is 0 Å². The van der Waals surface area contributed by atoms with E-state index < -0.39 is 6.04 Å². The molecule has 7 nitrogen and oxygen atoms in total. The highest BCUT2D eigenvalue weighted by molar-refractivity contribution is 5.99. The van der Waals surface area contributed by atoms with E-state index in [9.17, 15) is 9.90 Å². The number of benzene rings is 4. The Morgan fingerprint density at radius 2 is 1.55 bits per heavy atom. The molecule has 0 radical (unpaired) electrons. The van der Waals surface area contributed by atoms with Crippen LogP contribution in [0.4, 0.5) is 0 Å². The smallest absolute Gasteiger partial charge is 0.255 e.